The summed E-state index contributed by atoms with van der Waals surface area (Å²) < 4.78 is 0. The molecule has 1 rings (SSSR count). The van der Waals surface area contributed by atoms with Gasteiger partial charge in [-0.2, -0.15) is 0 Å². The zero-order chi connectivity index (χ0) is 10.6. The third-order valence-electron chi connectivity index (χ3n) is 2.94. The molecule has 0 unspecified atom stereocenters. The summed E-state index contributed by atoms with van der Waals surface area (Å²) in [6.07, 6.45) is 2.42. The van der Waals surface area contributed by atoms with E-state index in [0.29, 0.717) is 12.6 Å². The predicted octanol–water partition coefficient (Wildman–Crippen LogP) is -0.112. The number of likely N-dealkylation sites (tertiary alicyclic amines) is 1. The minimum atomic E-state index is 0.143. The molecule has 1 aliphatic rings. The fraction of sp³-hybridized carbons (Fsp3) is 0.900. The molecule has 0 saturated carbocycles. The lowest BCUT2D eigenvalue weighted by Gasteiger charge is -2.27. The van der Waals surface area contributed by atoms with E-state index in [9.17, 15) is 4.79 Å². The number of amides is 1. The van der Waals surface area contributed by atoms with Crippen molar-refractivity contribution >= 4 is 5.91 Å². The Labute approximate surface area is 86.0 Å². The zero-order valence-corrected chi connectivity index (χ0v) is 9.20. The summed E-state index contributed by atoms with van der Waals surface area (Å²) in [5.74, 6) is 0.143. The quantitative estimate of drug-likeness (QED) is 0.687. The van der Waals surface area contributed by atoms with Crippen molar-refractivity contribution < 1.29 is 4.79 Å². The maximum Gasteiger partial charge on any atom is 0.219 e. The highest BCUT2D eigenvalue weighted by molar-refractivity contribution is 5.72. The number of carbonyl (C=O) groups excluding carboxylic acids is 1. The second kappa shape index (κ2) is 5.32. The standard InChI is InChI=1S/C10H21N3O/c1-9(14)12(2)8-10-4-3-6-13(10)7-5-11/h10H,3-8,11H2,1-2H3/t10-/m1/s1. The molecule has 0 aromatic rings. The molecule has 1 atom stereocenters. The lowest BCUT2D eigenvalue weighted by molar-refractivity contribution is -0.128. The monoisotopic (exact) mass is 199 g/mol. The largest absolute Gasteiger partial charge is 0.344 e. The van der Waals surface area contributed by atoms with Crippen LogP contribution in [0, 0.1) is 0 Å². The molecule has 1 fully saturated rings. The molecular weight excluding hydrogens is 178 g/mol. The Bertz CT molecular complexity index is 196. The van der Waals surface area contributed by atoms with E-state index in [-0.39, 0.29) is 5.91 Å². The third-order valence-corrected chi connectivity index (χ3v) is 2.94. The van der Waals surface area contributed by atoms with Crippen LogP contribution in [-0.2, 0) is 4.79 Å². The first-order chi connectivity index (χ1) is 6.65. The van der Waals surface area contributed by atoms with E-state index in [2.05, 4.69) is 4.90 Å². The van der Waals surface area contributed by atoms with Gasteiger partial charge in [0.15, 0.2) is 0 Å². The molecule has 0 aromatic carbocycles. The Kier molecular flexibility index (Phi) is 4.35. The third kappa shape index (κ3) is 2.96. The molecule has 1 saturated heterocycles. The van der Waals surface area contributed by atoms with Gasteiger partial charge in [-0.05, 0) is 19.4 Å². The molecule has 2 N–H and O–H groups in total. The number of nitrogens with zero attached hydrogens (tertiary/aromatic N) is 2. The molecule has 0 radical (unpaired) electrons. The fourth-order valence-electron chi connectivity index (χ4n) is 2.01. The van der Waals surface area contributed by atoms with Crippen molar-refractivity contribution in [3.63, 3.8) is 0 Å². The molecule has 0 spiro atoms. The lowest BCUT2D eigenvalue weighted by atomic mass is 10.2. The molecule has 0 bridgehead atoms. The number of likely N-dealkylation sites (N-methyl/N-ethyl adjacent to an activating group) is 1. The summed E-state index contributed by atoms with van der Waals surface area (Å²) in [4.78, 5) is 15.3. The molecule has 4 heteroatoms. The van der Waals surface area contributed by atoms with Gasteiger partial charge in [-0.3, -0.25) is 9.69 Å². The number of rotatable bonds is 4. The van der Waals surface area contributed by atoms with Gasteiger partial charge in [0.25, 0.3) is 0 Å². The van der Waals surface area contributed by atoms with Crippen molar-refractivity contribution in [2.45, 2.75) is 25.8 Å². The van der Waals surface area contributed by atoms with Crippen LogP contribution in [0.25, 0.3) is 0 Å². The lowest BCUT2D eigenvalue weighted by Crippen LogP contribution is -2.42. The Morgan fingerprint density at radius 2 is 2.36 bits per heavy atom. The number of hydrogen-bond acceptors (Lipinski definition) is 3. The van der Waals surface area contributed by atoms with Crippen molar-refractivity contribution in [2.75, 3.05) is 33.2 Å². The Morgan fingerprint density at radius 3 is 2.93 bits per heavy atom. The van der Waals surface area contributed by atoms with Gasteiger partial charge in [0.05, 0.1) is 0 Å². The minimum absolute atomic E-state index is 0.143. The highest BCUT2D eigenvalue weighted by Crippen LogP contribution is 2.16. The number of nitrogens with two attached hydrogens (primary N) is 1. The Morgan fingerprint density at radius 1 is 1.64 bits per heavy atom. The van der Waals surface area contributed by atoms with Crippen molar-refractivity contribution in [1.82, 2.24) is 9.80 Å². The van der Waals surface area contributed by atoms with Crippen LogP contribution in [0.5, 0.6) is 0 Å². The Hall–Kier alpha value is -0.610. The average Bonchev–Trinajstić information content (AvgIpc) is 2.53. The molecule has 1 amide bonds. The van der Waals surface area contributed by atoms with Gasteiger partial charge in [-0.15, -0.1) is 0 Å². The maximum atomic E-state index is 11.1. The summed E-state index contributed by atoms with van der Waals surface area (Å²) in [6.45, 7) is 5.25. The normalized spacial score (nSPS) is 22.6. The van der Waals surface area contributed by atoms with E-state index >= 15 is 0 Å². The van der Waals surface area contributed by atoms with Crippen LogP contribution in [0.4, 0.5) is 0 Å². The molecule has 0 aromatic heterocycles. The van der Waals surface area contributed by atoms with E-state index in [1.54, 1.807) is 11.8 Å². The van der Waals surface area contributed by atoms with E-state index in [0.717, 1.165) is 19.6 Å². The SMILES string of the molecule is CC(=O)N(C)C[C@H]1CCCN1CCN. The van der Waals surface area contributed by atoms with Crippen LogP contribution < -0.4 is 5.73 Å². The second-order valence-electron chi connectivity index (χ2n) is 4.02. The van der Waals surface area contributed by atoms with Crippen molar-refractivity contribution in [3.8, 4) is 0 Å². The van der Waals surface area contributed by atoms with Crippen LogP contribution in [0.1, 0.15) is 19.8 Å². The first-order valence-corrected chi connectivity index (χ1v) is 5.31. The van der Waals surface area contributed by atoms with Gasteiger partial charge in [0.1, 0.15) is 0 Å². The van der Waals surface area contributed by atoms with Crippen LogP contribution in [0.15, 0.2) is 0 Å². The van der Waals surface area contributed by atoms with Crippen LogP contribution in [-0.4, -0.2) is 55.0 Å². The van der Waals surface area contributed by atoms with Crippen molar-refractivity contribution in [1.29, 1.82) is 0 Å². The van der Waals surface area contributed by atoms with Gasteiger partial charge in [0.2, 0.25) is 5.91 Å². The second-order valence-corrected chi connectivity index (χ2v) is 4.02. The van der Waals surface area contributed by atoms with Gasteiger partial charge in [-0.1, -0.05) is 0 Å². The highest BCUT2D eigenvalue weighted by atomic mass is 16.2. The van der Waals surface area contributed by atoms with Crippen molar-refractivity contribution in [3.05, 3.63) is 0 Å². The van der Waals surface area contributed by atoms with Crippen LogP contribution in [0.3, 0.4) is 0 Å². The molecule has 14 heavy (non-hydrogen) atoms. The van der Waals surface area contributed by atoms with Gasteiger partial charge in [-0.25, -0.2) is 0 Å². The number of carbonyl (C=O) groups is 1. The Balaban J connectivity index is 2.38. The predicted molar refractivity (Wildman–Crippen MR) is 57.0 cm³/mol. The fourth-order valence-corrected chi connectivity index (χ4v) is 2.01. The molecule has 1 aliphatic heterocycles. The van der Waals surface area contributed by atoms with Gasteiger partial charge >= 0.3 is 0 Å². The van der Waals surface area contributed by atoms with E-state index < -0.39 is 0 Å². The first kappa shape index (κ1) is 11.5. The van der Waals surface area contributed by atoms with E-state index in [1.165, 1.54) is 12.8 Å². The summed E-state index contributed by atoms with van der Waals surface area (Å²) in [6, 6.07) is 0.521. The summed E-state index contributed by atoms with van der Waals surface area (Å²) in [5, 5.41) is 0. The highest BCUT2D eigenvalue weighted by Gasteiger charge is 2.25. The summed E-state index contributed by atoms with van der Waals surface area (Å²) in [5.41, 5.74) is 5.54. The molecule has 4 nitrogen and oxygen atoms in total. The van der Waals surface area contributed by atoms with Gasteiger partial charge in [0, 0.05) is 39.6 Å². The van der Waals surface area contributed by atoms with E-state index in [1.807, 2.05) is 7.05 Å². The molecule has 82 valence electrons. The topological polar surface area (TPSA) is 49.6 Å². The summed E-state index contributed by atoms with van der Waals surface area (Å²) in [7, 11) is 1.86. The first-order valence-electron chi connectivity index (χ1n) is 5.31. The van der Waals surface area contributed by atoms with Crippen molar-refractivity contribution in [2.24, 2.45) is 5.73 Å². The van der Waals surface area contributed by atoms with Crippen LogP contribution in [0.2, 0.25) is 0 Å². The molecule has 0 aliphatic carbocycles. The zero-order valence-electron chi connectivity index (χ0n) is 9.20. The van der Waals surface area contributed by atoms with E-state index in [4.69, 9.17) is 5.73 Å². The summed E-state index contributed by atoms with van der Waals surface area (Å²) >= 11 is 0. The average molecular weight is 199 g/mol. The molecular formula is C10H21N3O. The number of hydrogen-bond donors (Lipinski definition) is 1. The smallest absolute Gasteiger partial charge is 0.219 e. The maximum absolute atomic E-state index is 11.1. The minimum Gasteiger partial charge on any atom is -0.344 e. The van der Waals surface area contributed by atoms with Crippen LogP contribution >= 0.6 is 0 Å². The molecule has 1 heterocycles. The van der Waals surface area contributed by atoms with Gasteiger partial charge < -0.3 is 10.6 Å².